The molecule has 0 aliphatic heterocycles. The minimum absolute atomic E-state index is 0.117. The van der Waals surface area contributed by atoms with Crippen LogP contribution in [0.1, 0.15) is 37.8 Å². The molecular weight excluding hydrogens is 244 g/mol. The Balaban J connectivity index is 2.04. The molecule has 104 valence electrons. The normalized spacial score (nSPS) is 17.2. The number of pyridine rings is 1. The van der Waals surface area contributed by atoms with E-state index in [9.17, 15) is 9.90 Å². The molecule has 1 aliphatic carbocycles. The van der Waals surface area contributed by atoms with E-state index in [1.54, 1.807) is 6.07 Å². The first-order valence-corrected chi connectivity index (χ1v) is 6.56. The Hall–Kier alpha value is -1.62. The standard InChI is InChI=1S/C14H20N2O3/c1-10-5-6-11(19-2)13(15-10)16-12(17)9-14(18)7-3-4-8-14/h5-6,18H,3-4,7-9H2,1-2H3,(H,15,16,17). The number of aliphatic hydroxyl groups is 1. The first kappa shape index (κ1) is 13.8. The molecule has 0 spiro atoms. The van der Waals surface area contributed by atoms with Crippen LogP contribution >= 0.6 is 0 Å². The van der Waals surface area contributed by atoms with Gasteiger partial charge < -0.3 is 15.2 Å². The number of methoxy groups -OCH3 is 1. The molecule has 1 aromatic rings. The Bertz CT molecular complexity index is 468. The monoisotopic (exact) mass is 264 g/mol. The Morgan fingerprint density at radius 2 is 2.16 bits per heavy atom. The zero-order valence-electron chi connectivity index (χ0n) is 11.4. The molecule has 1 fully saturated rings. The molecule has 5 heteroatoms. The number of ether oxygens (including phenoxy) is 1. The van der Waals surface area contributed by atoms with Gasteiger partial charge in [0.25, 0.3) is 0 Å². The summed E-state index contributed by atoms with van der Waals surface area (Å²) in [6.45, 7) is 1.85. The summed E-state index contributed by atoms with van der Waals surface area (Å²) in [6, 6.07) is 3.58. The highest BCUT2D eigenvalue weighted by atomic mass is 16.5. The highest BCUT2D eigenvalue weighted by Gasteiger charge is 2.33. The number of aryl methyl sites for hydroxylation is 1. The van der Waals surface area contributed by atoms with Gasteiger partial charge in [0.05, 0.1) is 19.1 Å². The highest BCUT2D eigenvalue weighted by molar-refractivity contribution is 5.91. The third-order valence-corrected chi connectivity index (χ3v) is 3.50. The molecule has 1 amide bonds. The van der Waals surface area contributed by atoms with Crippen LogP contribution in [-0.4, -0.2) is 28.7 Å². The molecule has 2 N–H and O–H groups in total. The predicted octanol–water partition coefficient (Wildman–Crippen LogP) is 2.03. The molecule has 0 unspecified atom stereocenters. The van der Waals surface area contributed by atoms with E-state index in [0.29, 0.717) is 24.4 Å². The summed E-state index contributed by atoms with van der Waals surface area (Å²) < 4.78 is 5.16. The quantitative estimate of drug-likeness (QED) is 0.873. The second-order valence-corrected chi connectivity index (χ2v) is 5.16. The SMILES string of the molecule is COc1ccc(C)nc1NC(=O)CC1(O)CCCC1. The minimum atomic E-state index is -0.846. The van der Waals surface area contributed by atoms with Crippen molar-refractivity contribution < 1.29 is 14.6 Å². The predicted molar refractivity (Wildman–Crippen MR) is 72.2 cm³/mol. The fourth-order valence-corrected chi connectivity index (χ4v) is 2.48. The molecule has 0 atom stereocenters. The van der Waals surface area contributed by atoms with Crippen molar-refractivity contribution in [1.29, 1.82) is 0 Å². The summed E-state index contributed by atoms with van der Waals surface area (Å²) in [7, 11) is 1.53. The molecule has 1 saturated carbocycles. The summed E-state index contributed by atoms with van der Waals surface area (Å²) in [4.78, 5) is 16.2. The van der Waals surface area contributed by atoms with Gasteiger partial charge in [0, 0.05) is 5.69 Å². The average molecular weight is 264 g/mol. The van der Waals surface area contributed by atoms with E-state index in [1.165, 1.54) is 7.11 Å². The highest BCUT2D eigenvalue weighted by Crippen LogP contribution is 2.33. The fraction of sp³-hybridized carbons (Fsp3) is 0.571. The van der Waals surface area contributed by atoms with E-state index < -0.39 is 5.60 Å². The fourth-order valence-electron chi connectivity index (χ4n) is 2.48. The third kappa shape index (κ3) is 3.44. The van der Waals surface area contributed by atoms with Crippen LogP contribution in [0.4, 0.5) is 5.82 Å². The van der Waals surface area contributed by atoms with Gasteiger partial charge in [-0.2, -0.15) is 0 Å². The molecular formula is C14H20N2O3. The number of nitrogens with one attached hydrogen (secondary N) is 1. The van der Waals surface area contributed by atoms with Gasteiger partial charge in [-0.3, -0.25) is 4.79 Å². The maximum atomic E-state index is 12.0. The van der Waals surface area contributed by atoms with Crippen molar-refractivity contribution in [2.75, 3.05) is 12.4 Å². The first-order chi connectivity index (χ1) is 9.02. The van der Waals surface area contributed by atoms with Crippen LogP contribution in [0.5, 0.6) is 5.75 Å². The molecule has 0 bridgehead atoms. The number of amides is 1. The third-order valence-electron chi connectivity index (χ3n) is 3.50. The number of carbonyl (C=O) groups is 1. The summed E-state index contributed by atoms with van der Waals surface area (Å²) in [5, 5.41) is 12.9. The number of rotatable bonds is 4. The molecule has 0 radical (unpaired) electrons. The number of nitrogens with zero attached hydrogens (tertiary/aromatic N) is 1. The van der Waals surface area contributed by atoms with Crippen molar-refractivity contribution in [3.05, 3.63) is 17.8 Å². The molecule has 0 saturated heterocycles. The second-order valence-electron chi connectivity index (χ2n) is 5.16. The van der Waals surface area contributed by atoms with Crippen LogP contribution in [0, 0.1) is 6.92 Å². The minimum Gasteiger partial charge on any atom is -0.493 e. The number of hydrogen-bond donors (Lipinski definition) is 2. The van der Waals surface area contributed by atoms with E-state index >= 15 is 0 Å². The lowest BCUT2D eigenvalue weighted by molar-refractivity contribution is -0.120. The van der Waals surface area contributed by atoms with Gasteiger partial charge in [0.1, 0.15) is 0 Å². The Labute approximate surface area is 113 Å². The van der Waals surface area contributed by atoms with E-state index in [1.807, 2.05) is 13.0 Å². The van der Waals surface area contributed by atoms with Gasteiger partial charge in [-0.05, 0) is 31.9 Å². The van der Waals surface area contributed by atoms with E-state index in [-0.39, 0.29) is 12.3 Å². The molecule has 1 aromatic heterocycles. The summed E-state index contributed by atoms with van der Waals surface area (Å²) >= 11 is 0. The largest absolute Gasteiger partial charge is 0.493 e. The number of hydrogen-bond acceptors (Lipinski definition) is 4. The van der Waals surface area contributed by atoms with Crippen LogP contribution in [0.25, 0.3) is 0 Å². The summed E-state index contributed by atoms with van der Waals surface area (Å²) in [5.74, 6) is 0.715. The van der Waals surface area contributed by atoms with Gasteiger partial charge in [-0.15, -0.1) is 0 Å². The van der Waals surface area contributed by atoms with Crippen LogP contribution in [0.3, 0.4) is 0 Å². The average Bonchev–Trinajstić information content (AvgIpc) is 2.75. The van der Waals surface area contributed by atoms with E-state index in [0.717, 1.165) is 18.5 Å². The molecule has 1 heterocycles. The van der Waals surface area contributed by atoms with Gasteiger partial charge in [-0.25, -0.2) is 4.98 Å². The lowest BCUT2D eigenvalue weighted by atomic mass is 9.98. The van der Waals surface area contributed by atoms with Gasteiger partial charge in [0.15, 0.2) is 11.6 Å². The van der Waals surface area contributed by atoms with Crippen LogP contribution in [0.15, 0.2) is 12.1 Å². The first-order valence-electron chi connectivity index (χ1n) is 6.56. The van der Waals surface area contributed by atoms with Crippen molar-refractivity contribution in [2.45, 2.75) is 44.6 Å². The number of anilines is 1. The van der Waals surface area contributed by atoms with Crippen molar-refractivity contribution in [2.24, 2.45) is 0 Å². The molecule has 0 aromatic carbocycles. The van der Waals surface area contributed by atoms with Gasteiger partial charge >= 0.3 is 0 Å². The smallest absolute Gasteiger partial charge is 0.228 e. The Morgan fingerprint density at radius 3 is 2.79 bits per heavy atom. The van der Waals surface area contributed by atoms with Crippen molar-refractivity contribution in [1.82, 2.24) is 4.98 Å². The Kier molecular flexibility index (Phi) is 4.04. The summed E-state index contributed by atoms with van der Waals surface area (Å²) in [5.41, 5.74) is -0.0445. The number of carbonyl (C=O) groups excluding carboxylic acids is 1. The summed E-state index contributed by atoms with van der Waals surface area (Å²) in [6.07, 6.45) is 3.47. The van der Waals surface area contributed by atoms with Crippen LogP contribution in [0.2, 0.25) is 0 Å². The van der Waals surface area contributed by atoms with Crippen molar-refractivity contribution in [3.8, 4) is 5.75 Å². The van der Waals surface area contributed by atoms with Crippen molar-refractivity contribution >= 4 is 11.7 Å². The van der Waals surface area contributed by atoms with E-state index in [2.05, 4.69) is 10.3 Å². The van der Waals surface area contributed by atoms with Crippen LogP contribution < -0.4 is 10.1 Å². The van der Waals surface area contributed by atoms with Gasteiger partial charge in [0.2, 0.25) is 5.91 Å². The molecule has 2 rings (SSSR count). The topological polar surface area (TPSA) is 71.5 Å². The second kappa shape index (κ2) is 5.57. The zero-order chi connectivity index (χ0) is 13.9. The van der Waals surface area contributed by atoms with E-state index in [4.69, 9.17) is 4.74 Å². The molecule has 5 nitrogen and oxygen atoms in total. The number of aromatic nitrogens is 1. The molecule has 19 heavy (non-hydrogen) atoms. The lowest BCUT2D eigenvalue weighted by Crippen LogP contribution is -2.31. The Morgan fingerprint density at radius 1 is 1.47 bits per heavy atom. The van der Waals surface area contributed by atoms with Crippen LogP contribution in [-0.2, 0) is 4.79 Å². The van der Waals surface area contributed by atoms with Gasteiger partial charge in [-0.1, -0.05) is 12.8 Å². The molecule has 1 aliphatic rings. The maximum absolute atomic E-state index is 12.0. The maximum Gasteiger partial charge on any atom is 0.228 e. The van der Waals surface area contributed by atoms with Crippen molar-refractivity contribution in [3.63, 3.8) is 0 Å². The lowest BCUT2D eigenvalue weighted by Gasteiger charge is -2.21. The zero-order valence-corrected chi connectivity index (χ0v) is 11.4.